The molecule has 0 fully saturated rings. The fourth-order valence-corrected chi connectivity index (χ4v) is 2.52. The van der Waals surface area contributed by atoms with Crippen LogP contribution in [0, 0.1) is 0 Å². The summed E-state index contributed by atoms with van der Waals surface area (Å²) in [6.45, 7) is 4.97. The van der Waals surface area contributed by atoms with E-state index in [4.69, 9.17) is 10.3 Å². The van der Waals surface area contributed by atoms with Gasteiger partial charge in [0, 0.05) is 28.2 Å². The summed E-state index contributed by atoms with van der Waals surface area (Å²) in [7, 11) is 0. The highest BCUT2D eigenvalue weighted by Gasteiger charge is 2.06. The van der Waals surface area contributed by atoms with Crippen LogP contribution in [0.5, 0.6) is 0 Å². The zero-order chi connectivity index (χ0) is 13.0. The highest BCUT2D eigenvalue weighted by molar-refractivity contribution is 7.99. The van der Waals surface area contributed by atoms with E-state index >= 15 is 0 Å². The third kappa shape index (κ3) is 3.37. The molecule has 96 valence electrons. The third-order valence-corrected chi connectivity index (χ3v) is 3.49. The highest BCUT2D eigenvalue weighted by atomic mass is 32.2. The molecule has 0 amide bonds. The van der Waals surface area contributed by atoms with Crippen molar-refractivity contribution < 1.29 is 4.52 Å². The Kier molecular flexibility index (Phi) is 4.44. The number of aromatic nitrogens is 1. The van der Waals surface area contributed by atoms with Crippen molar-refractivity contribution in [2.24, 2.45) is 5.73 Å². The predicted octanol–water partition coefficient (Wildman–Crippen LogP) is 3.34. The van der Waals surface area contributed by atoms with Gasteiger partial charge in [-0.3, -0.25) is 0 Å². The second kappa shape index (κ2) is 6.07. The summed E-state index contributed by atoms with van der Waals surface area (Å²) < 4.78 is 5.31. The monoisotopic (exact) mass is 262 g/mol. The fourth-order valence-electron chi connectivity index (χ4n) is 1.68. The smallest absolute Gasteiger partial charge is 0.167 e. The van der Waals surface area contributed by atoms with Crippen molar-refractivity contribution >= 4 is 11.8 Å². The second-order valence-corrected chi connectivity index (χ2v) is 6.06. The van der Waals surface area contributed by atoms with Gasteiger partial charge in [-0.1, -0.05) is 31.1 Å². The second-order valence-electron chi connectivity index (χ2n) is 4.41. The van der Waals surface area contributed by atoms with E-state index in [0.29, 0.717) is 11.8 Å². The molecule has 0 aliphatic carbocycles. The molecule has 4 heteroatoms. The molecule has 0 radical (unpaired) electrons. The van der Waals surface area contributed by atoms with Gasteiger partial charge in [-0.15, -0.1) is 11.8 Å². The first-order chi connectivity index (χ1) is 8.69. The Bertz CT molecular complexity index is 491. The Hall–Kier alpha value is -1.26. The lowest BCUT2D eigenvalue weighted by Crippen LogP contribution is -2.02. The van der Waals surface area contributed by atoms with Crippen LogP contribution in [0.2, 0.25) is 0 Å². The topological polar surface area (TPSA) is 52.0 Å². The number of nitrogens with zero attached hydrogens (tertiary/aromatic N) is 1. The molecule has 0 aliphatic heterocycles. The molecule has 1 aromatic heterocycles. The molecule has 0 unspecified atom stereocenters. The minimum absolute atomic E-state index is 0.593. The Balaban J connectivity index is 2.12. The Morgan fingerprint density at radius 2 is 2.00 bits per heavy atom. The van der Waals surface area contributed by atoms with Gasteiger partial charge in [0.1, 0.15) is 0 Å². The van der Waals surface area contributed by atoms with Crippen molar-refractivity contribution in [3.05, 3.63) is 36.0 Å². The number of hydrogen-bond acceptors (Lipinski definition) is 4. The first-order valence-electron chi connectivity index (χ1n) is 6.12. The number of rotatable bonds is 5. The SMILES string of the molecule is CC(C)Sc1ccc(-c2cc(CCN)no2)cc1. The summed E-state index contributed by atoms with van der Waals surface area (Å²) in [6.07, 6.45) is 0.755. The molecule has 1 aromatic carbocycles. The maximum Gasteiger partial charge on any atom is 0.167 e. The van der Waals surface area contributed by atoms with Crippen molar-refractivity contribution in [3.8, 4) is 11.3 Å². The van der Waals surface area contributed by atoms with Crippen LogP contribution in [0.3, 0.4) is 0 Å². The standard InChI is InChI=1S/C14H18N2OS/c1-10(2)18-13-5-3-11(4-6-13)14-9-12(7-8-15)16-17-14/h3-6,9-10H,7-8,15H2,1-2H3. The number of benzene rings is 1. The fraction of sp³-hybridized carbons (Fsp3) is 0.357. The largest absolute Gasteiger partial charge is 0.356 e. The van der Waals surface area contributed by atoms with Gasteiger partial charge in [0.2, 0.25) is 0 Å². The average molecular weight is 262 g/mol. The van der Waals surface area contributed by atoms with Gasteiger partial charge in [-0.2, -0.15) is 0 Å². The van der Waals surface area contributed by atoms with Gasteiger partial charge in [0.05, 0.1) is 5.69 Å². The molecule has 0 saturated carbocycles. The molecule has 18 heavy (non-hydrogen) atoms. The molecular formula is C14H18N2OS. The van der Waals surface area contributed by atoms with Crippen LogP contribution in [-0.2, 0) is 6.42 Å². The van der Waals surface area contributed by atoms with Gasteiger partial charge >= 0.3 is 0 Å². The Labute approximate surface area is 112 Å². The van der Waals surface area contributed by atoms with Crippen LogP contribution in [-0.4, -0.2) is 17.0 Å². The number of hydrogen-bond donors (Lipinski definition) is 1. The van der Waals surface area contributed by atoms with Crippen molar-refractivity contribution in [1.29, 1.82) is 0 Å². The molecule has 2 aromatic rings. The van der Waals surface area contributed by atoms with Gasteiger partial charge in [-0.25, -0.2) is 0 Å². The predicted molar refractivity (Wildman–Crippen MR) is 75.7 cm³/mol. The Morgan fingerprint density at radius 1 is 1.28 bits per heavy atom. The van der Waals surface area contributed by atoms with E-state index < -0.39 is 0 Å². The molecular weight excluding hydrogens is 244 g/mol. The lowest BCUT2D eigenvalue weighted by atomic mass is 10.1. The summed E-state index contributed by atoms with van der Waals surface area (Å²) in [6, 6.07) is 10.3. The zero-order valence-corrected chi connectivity index (χ0v) is 11.5. The Morgan fingerprint density at radius 3 is 2.61 bits per heavy atom. The molecule has 2 rings (SSSR count). The molecule has 2 N–H and O–H groups in total. The summed E-state index contributed by atoms with van der Waals surface area (Å²) in [4.78, 5) is 1.27. The first kappa shape index (κ1) is 13.2. The van der Waals surface area contributed by atoms with Crippen LogP contribution in [0.1, 0.15) is 19.5 Å². The van der Waals surface area contributed by atoms with Crippen molar-refractivity contribution in [2.45, 2.75) is 30.4 Å². The van der Waals surface area contributed by atoms with E-state index in [2.05, 4.69) is 43.3 Å². The number of nitrogens with two attached hydrogens (primary N) is 1. The van der Waals surface area contributed by atoms with Crippen molar-refractivity contribution in [2.75, 3.05) is 6.54 Å². The molecule has 0 atom stereocenters. The molecule has 0 bridgehead atoms. The van der Waals surface area contributed by atoms with E-state index in [1.165, 1.54) is 4.90 Å². The van der Waals surface area contributed by atoms with Crippen LogP contribution >= 0.6 is 11.8 Å². The van der Waals surface area contributed by atoms with Gasteiger partial charge in [0.15, 0.2) is 5.76 Å². The van der Waals surface area contributed by atoms with Crippen molar-refractivity contribution in [1.82, 2.24) is 5.16 Å². The van der Waals surface area contributed by atoms with E-state index in [1.807, 2.05) is 17.8 Å². The van der Waals surface area contributed by atoms with E-state index in [0.717, 1.165) is 23.4 Å². The lowest BCUT2D eigenvalue weighted by molar-refractivity contribution is 0.423. The normalized spacial score (nSPS) is 11.1. The van der Waals surface area contributed by atoms with E-state index in [1.54, 1.807) is 0 Å². The quantitative estimate of drug-likeness (QED) is 0.840. The minimum Gasteiger partial charge on any atom is -0.356 e. The van der Waals surface area contributed by atoms with Crippen LogP contribution in [0.15, 0.2) is 39.8 Å². The van der Waals surface area contributed by atoms with Crippen molar-refractivity contribution in [3.63, 3.8) is 0 Å². The zero-order valence-electron chi connectivity index (χ0n) is 10.7. The van der Waals surface area contributed by atoms with E-state index in [9.17, 15) is 0 Å². The average Bonchev–Trinajstić information content (AvgIpc) is 2.78. The molecule has 0 spiro atoms. The molecule has 0 saturated heterocycles. The summed E-state index contributed by atoms with van der Waals surface area (Å²) in [5.74, 6) is 0.805. The summed E-state index contributed by atoms with van der Waals surface area (Å²) in [5.41, 5.74) is 7.46. The highest BCUT2D eigenvalue weighted by Crippen LogP contribution is 2.27. The first-order valence-corrected chi connectivity index (χ1v) is 7.00. The summed E-state index contributed by atoms with van der Waals surface area (Å²) in [5, 5.41) is 4.59. The number of thioether (sulfide) groups is 1. The van der Waals surface area contributed by atoms with Gasteiger partial charge in [0.25, 0.3) is 0 Å². The minimum atomic E-state index is 0.593. The van der Waals surface area contributed by atoms with Gasteiger partial charge in [-0.05, 0) is 18.7 Å². The maximum atomic E-state index is 5.49. The summed E-state index contributed by atoms with van der Waals surface area (Å²) >= 11 is 1.85. The van der Waals surface area contributed by atoms with Crippen LogP contribution in [0.25, 0.3) is 11.3 Å². The third-order valence-electron chi connectivity index (χ3n) is 2.47. The lowest BCUT2D eigenvalue weighted by Gasteiger charge is -2.04. The van der Waals surface area contributed by atoms with E-state index in [-0.39, 0.29) is 0 Å². The van der Waals surface area contributed by atoms with Gasteiger partial charge < -0.3 is 10.3 Å². The molecule has 3 nitrogen and oxygen atoms in total. The molecule has 0 aliphatic rings. The maximum absolute atomic E-state index is 5.49. The molecule has 1 heterocycles. The van der Waals surface area contributed by atoms with Crippen LogP contribution < -0.4 is 5.73 Å². The van der Waals surface area contributed by atoms with Crippen LogP contribution in [0.4, 0.5) is 0 Å².